The molecule has 1 unspecified atom stereocenters. The maximum absolute atomic E-state index is 13.1. The third-order valence-electron chi connectivity index (χ3n) is 1.76. The Kier molecular flexibility index (Phi) is 5.01. The standard InChI is InChI=1S/C10H13F2NOS/c1-13-5-8(14)6-15-10-4-7(11)2-3-9(10)12/h2-4,8,13-14H,5-6H2,1H3. The molecule has 5 heteroatoms. The van der Waals surface area contributed by atoms with Crippen LogP contribution < -0.4 is 5.32 Å². The lowest BCUT2D eigenvalue weighted by Gasteiger charge is -2.09. The smallest absolute Gasteiger partial charge is 0.136 e. The molecule has 0 aliphatic carbocycles. The van der Waals surface area contributed by atoms with Crippen molar-refractivity contribution in [3.63, 3.8) is 0 Å². The summed E-state index contributed by atoms with van der Waals surface area (Å²) >= 11 is 1.10. The molecular formula is C10H13F2NOS. The van der Waals surface area contributed by atoms with E-state index in [0.29, 0.717) is 12.3 Å². The van der Waals surface area contributed by atoms with E-state index in [0.717, 1.165) is 30.0 Å². The van der Waals surface area contributed by atoms with Crippen molar-refractivity contribution in [3.05, 3.63) is 29.8 Å². The average molecular weight is 233 g/mol. The number of aliphatic hydroxyl groups excluding tert-OH is 1. The molecule has 1 aromatic rings. The zero-order chi connectivity index (χ0) is 11.3. The van der Waals surface area contributed by atoms with Crippen LogP contribution in [-0.4, -0.2) is 30.6 Å². The Hall–Kier alpha value is -0.650. The number of thioether (sulfide) groups is 1. The predicted octanol–water partition coefficient (Wildman–Crippen LogP) is 1.64. The van der Waals surface area contributed by atoms with Crippen LogP contribution in [0.5, 0.6) is 0 Å². The normalized spacial score (nSPS) is 12.8. The monoisotopic (exact) mass is 233 g/mol. The maximum Gasteiger partial charge on any atom is 0.136 e. The highest BCUT2D eigenvalue weighted by Crippen LogP contribution is 2.23. The Morgan fingerprint density at radius 2 is 2.20 bits per heavy atom. The van der Waals surface area contributed by atoms with Gasteiger partial charge in [-0.3, -0.25) is 0 Å². The van der Waals surface area contributed by atoms with Gasteiger partial charge in [-0.2, -0.15) is 0 Å². The predicted molar refractivity (Wildman–Crippen MR) is 57.0 cm³/mol. The molecule has 0 aromatic heterocycles. The second-order valence-corrected chi connectivity index (χ2v) is 4.16. The lowest BCUT2D eigenvalue weighted by Crippen LogP contribution is -2.25. The molecule has 0 saturated carbocycles. The van der Waals surface area contributed by atoms with Gasteiger partial charge < -0.3 is 10.4 Å². The lowest BCUT2D eigenvalue weighted by atomic mass is 10.3. The van der Waals surface area contributed by atoms with Gasteiger partial charge in [-0.25, -0.2) is 8.78 Å². The van der Waals surface area contributed by atoms with Gasteiger partial charge >= 0.3 is 0 Å². The molecule has 0 bridgehead atoms. The number of nitrogens with one attached hydrogen (secondary N) is 1. The molecule has 0 amide bonds. The number of likely N-dealkylation sites (N-methyl/N-ethyl adjacent to an activating group) is 1. The van der Waals surface area contributed by atoms with E-state index < -0.39 is 17.7 Å². The van der Waals surface area contributed by atoms with Gasteiger partial charge in [0, 0.05) is 17.2 Å². The summed E-state index contributed by atoms with van der Waals surface area (Å²) < 4.78 is 25.9. The van der Waals surface area contributed by atoms with Crippen molar-refractivity contribution in [2.24, 2.45) is 0 Å². The molecule has 0 radical (unpaired) electrons. The van der Waals surface area contributed by atoms with E-state index in [2.05, 4.69) is 5.32 Å². The Bertz CT molecular complexity index is 322. The van der Waals surface area contributed by atoms with Crippen LogP contribution >= 0.6 is 11.8 Å². The molecule has 1 atom stereocenters. The molecule has 0 aliphatic heterocycles. The first kappa shape index (κ1) is 12.4. The van der Waals surface area contributed by atoms with Crippen LogP contribution in [0.4, 0.5) is 8.78 Å². The number of hydrogen-bond donors (Lipinski definition) is 2. The molecule has 2 N–H and O–H groups in total. The summed E-state index contributed by atoms with van der Waals surface area (Å²) in [4.78, 5) is 0.227. The van der Waals surface area contributed by atoms with Crippen LogP contribution in [0.3, 0.4) is 0 Å². The fourth-order valence-corrected chi connectivity index (χ4v) is 1.96. The first-order valence-electron chi connectivity index (χ1n) is 4.54. The minimum absolute atomic E-state index is 0.227. The zero-order valence-corrected chi connectivity index (χ0v) is 9.15. The summed E-state index contributed by atoms with van der Waals surface area (Å²) in [6, 6.07) is 3.29. The molecule has 0 spiro atoms. The van der Waals surface area contributed by atoms with Crippen molar-refractivity contribution in [1.29, 1.82) is 0 Å². The lowest BCUT2D eigenvalue weighted by molar-refractivity contribution is 0.199. The molecule has 0 heterocycles. The van der Waals surface area contributed by atoms with Crippen LogP contribution in [0.2, 0.25) is 0 Å². The van der Waals surface area contributed by atoms with E-state index in [1.54, 1.807) is 7.05 Å². The summed E-state index contributed by atoms with van der Waals surface area (Å²) in [6.45, 7) is 0.434. The van der Waals surface area contributed by atoms with Crippen LogP contribution in [0, 0.1) is 11.6 Å². The van der Waals surface area contributed by atoms with Crippen molar-refractivity contribution < 1.29 is 13.9 Å². The largest absolute Gasteiger partial charge is 0.391 e. The minimum Gasteiger partial charge on any atom is -0.391 e. The van der Waals surface area contributed by atoms with E-state index in [4.69, 9.17) is 0 Å². The first-order valence-corrected chi connectivity index (χ1v) is 5.52. The van der Waals surface area contributed by atoms with Crippen molar-refractivity contribution in [3.8, 4) is 0 Å². The molecule has 84 valence electrons. The van der Waals surface area contributed by atoms with E-state index in [9.17, 15) is 13.9 Å². The van der Waals surface area contributed by atoms with Gasteiger partial charge in [-0.15, -0.1) is 11.8 Å². The average Bonchev–Trinajstić information content (AvgIpc) is 2.20. The van der Waals surface area contributed by atoms with E-state index in [-0.39, 0.29) is 4.90 Å². The summed E-state index contributed by atoms with van der Waals surface area (Å²) in [5.74, 6) is -0.596. The third-order valence-corrected chi connectivity index (χ3v) is 2.94. The van der Waals surface area contributed by atoms with Gasteiger partial charge in [0.2, 0.25) is 0 Å². The number of hydrogen-bond acceptors (Lipinski definition) is 3. The Balaban J connectivity index is 2.53. The van der Waals surface area contributed by atoms with E-state index in [1.165, 1.54) is 0 Å². The Morgan fingerprint density at radius 3 is 2.87 bits per heavy atom. The fraction of sp³-hybridized carbons (Fsp3) is 0.400. The van der Waals surface area contributed by atoms with Gasteiger partial charge in [0.05, 0.1) is 6.10 Å². The van der Waals surface area contributed by atoms with E-state index in [1.807, 2.05) is 0 Å². The first-order chi connectivity index (χ1) is 7.13. The van der Waals surface area contributed by atoms with Gasteiger partial charge in [-0.1, -0.05) is 0 Å². The second kappa shape index (κ2) is 6.05. The van der Waals surface area contributed by atoms with Crippen LogP contribution in [0.1, 0.15) is 0 Å². The zero-order valence-electron chi connectivity index (χ0n) is 8.34. The Morgan fingerprint density at radius 1 is 1.47 bits per heavy atom. The topological polar surface area (TPSA) is 32.3 Å². The summed E-state index contributed by atoms with van der Waals surface area (Å²) in [5, 5.41) is 12.2. The number of rotatable bonds is 5. The highest BCUT2D eigenvalue weighted by molar-refractivity contribution is 7.99. The van der Waals surface area contributed by atoms with Crippen molar-refractivity contribution in [2.45, 2.75) is 11.0 Å². The van der Waals surface area contributed by atoms with Crippen molar-refractivity contribution in [2.75, 3.05) is 19.3 Å². The van der Waals surface area contributed by atoms with Gasteiger partial charge in [0.25, 0.3) is 0 Å². The molecule has 0 fully saturated rings. The molecule has 0 aliphatic rings. The molecule has 1 aromatic carbocycles. The van der Waals surface area contributed by atoms with Gasteiger partial charge in [0.15, 0.2) is 0 Å². The maximum atomic E-state index is 13.1. The van der Waals surface area contributed by atoms with Crippen molar-refractivity contribution in [1.82, 2.24) is 5.32 Å². The van der Waals surface area contributed by atoms with Crippen LogP contribution in [0.25, 0.3) is 0 Å². The van der Waals surface area contributed by atoms with Crippen molar-refractivity contribution >= 4 is 11.8 Å². The quantitative estimate of drug-likeness (QED) is 0.758. The van der Waals surface area contributed by atoms with E-state index >= 15 is 0 Å². The second-order valence-electron chi connectivity index (χ2n) is 3.10. The molecule has 15 heavy (non-hydrogen) atoms. The fourth-order valence-electron chi connectivity index (χ4n) is 1.07. The number of aliphatic hydroxyl groups is 1. The summed E-state index contributed by atoms with van der Waals surface area (Å²) in [5.41, 5.74) is 0. The molecule has 2 nitrogen and oxygen atoms in total. The highest BCUT2D eigenvalue weighted by Gasteiger charge is 2.08. The molecular weight excluding hydrogens is 220 g/mol. The van der Waals surface area contributed by atoms with Crippen LogP contribution in [0.15, 0.2) is 23.1 Å². The summed E-state index contributed by atoms with van der Waals surface area (Å²) in [7, 11) is 1.72. The molecule has 1 rings (SSSR count). The van der Waals surface area contributed by atoms with Gasteiger partial charge in [-0.05, 0) is 25.2 Å². The SMILES string of the molecule is CNCC(O)CSc1cc(F)ccc1F. The summed E-state index contributed by atoms with van der Waals surface area (Å²) in [6.07, 6.45) is -0.567. The van der Waals surface area contributed by atoms with Crippen LogP contribution in [-0.2, 0) is 0 Å². The number of halogens is 2. The third kappa shape index (κ3) is 4.15. The highest BCUT2D eigenvalue weighted by atomic mass is 32.2. The molecule has 0 saturated heterocycles. The number of benzene rings is 1. The van der Waals surface area contributed by atoms with Gasteiger partial charge in [0.1, 0.15) is 11.6 Å². The Labute approximate surface area is 91.7 Å². The minimum atomic E-state index is -0.567.